The highest BCUT2D eigenvalue weighted by Crippen LogP contribution is 2.22. The Bertz CT molecular complexity index is 402. The number of hydrogen-bond donors (Lipinski definition) is 0. The van der Waals surface area contributed by atoms with Crippen LogP contribution < -0.4 is 0 Å². The maximum Gasteiger partial charge on any atom is 0.305 e. The van der Waals surface area contributed by atoms with Crippen LogP contribution in [-0.2, 0) is 16.1 Å². The third-order valence-electron chi connectivity index (χ3n) is 3.01. The Labute approximate surface area is 110 Å². The summed E-state index contributed by atoms with van der Waals surface area (Å²) in [6, 6.07) is 8.33. The van der Waals surface area contributed by atoms with Crippen molar-refractivity contribution in [2.24, 2.45) is 5.92 Å². The summed E-state index contributed by atoms with van der Waals surface area (Å²) >= 11 is 3.47. The summed E-state index contributed by atoms with van der Waals surface area (Å²) in [5, 5.41) is 0. The minimum atomic E-state index is -0.0999. The SMILES string of the molecule is COC(=O)CC1CN(Cc2cccc(Br)c2)C1. The summed E-state index contributed by atoms with van der Waals surface area (Å²) in [4.78, 5) is 13.4. The minimum Gasteiger partial charge on any atom is -0.469 e. The van der Waals surface area contributed by atoms with Crippen LogP contribution in [0.4, 0.5) is 0 Å². The maximum absolute atomic E-state index is 11.1. The normalized spacial score (nSPS) is 16.6. The molecule has 3 nitrogen and oxygen atoms in total. The summed E-state index contributed by atoms with van der Waals surface area (Å²) in [7, 11) is 1.44. The number of carbonyl (C=O) groups excluding carboxylic acids is 1. The molecule has 0 spiro atoms. The van der Waals surface area contributed by atoms with Crippen molar-refractivity contribution in [2.45, 2.75) is 13.0 Å². The number of carbonyl (C=O) groups is 1. The number of hydrogen-bond acceptors (Lipinski definition) is 3. The molecule has 17 heavy (non-hydrogen) atoms. The molecule has 0 radical (unpaired) electrons. The third kappa shape index (κ3) is 3.54. The second-order valence-electron chi connectivity index (χ2n) is 4.47. The van der Waals surface area contributed by atoms with Crippen LogP contribution in [0, 0.1) is 5.92 Å². The van der Waals surface area contributed by atoms with E-state index in [1.165, 1.54) is 12.7 Å². The van der Waals surface area contributed by atoms with Gasteiger partial charge >= 0.3 is 5.97 Å². The second-order valence-corrected chi connectivity index (χ2v) is 5.39. The molecule has 2 rings (SSSR count). The summed E-state index contributed by atoms with van der Waals surface area (Å²) in [5.74, 6) is 0.367. The van der Waals surface area contributed by atoms with Crippen molar-refractivity contribution in [3.05, 3.63) is 34.3 Å². The van der Waals surface area contributed by atoms with E-state index < -0.39 is 0 Å². The van der Waals surface area contributed by atoms with Crippen molar-refractivity contribution >= 4 is 21.9 Å². The van der Waals surface area contributed by atoms with Crippen LogP contribution in [0.5, 0.6) is 0 Å². The zero-order valence-corrected chi connectivity index (χ0v) is 11.4. The fourth-order valence-corrected chi connectivity index (χ4v) is 2.59. The lowest BCUT2D eigenvalue weighted by Gasteiger charge is -2.38. The van der Waals surface area contributed by atoms with Crippen molar-refractivity contribution in [3.8, 4) is 0 Å². The van der Waals surface area contributed by atoms with Gasteiger partial charge in [-0.05, 0) is 23.6 Å². The molecule has 0 amide bonds. The highest BCUT2D eigenvalue weighted by atomic mass is 79.9. The van der Waals surface area contributed by atoms with E-state index in [-0.39, 0.29) is 5.97 Å². The van der Waals surface area contributed by atoms with E-state index in [0.29, 0.717) is 12.3 Å². The number of ether oxygens (including phenoxy) is 1. The molecule has 1 fully saturated rings. The van der Waals surface area contributed by atoms with Crippen LogP contribution in [0.3, 0.4) is 0 Å². The van der Waals surface area contributed by atoms with Gasteiger partial charge in [-0.25, -0.2) is 0 Å². The lowest BCUT2D eigenvalue weighted by Crippen LogP contribution is -2.46. The van der Waals surface area contributed by atoms with E-state index in [1.807, 2.05) is 12.1 Å². The minimum absolute atomic E-state index is 0.0999. The molecular formula is C13H16BrNO2. The topological polar surface area (TPSA) is 29.5 Å². The van der Waals surface area contributed by atoms with Gasteiger partial charge in [-0.2, -0.15) is 0 Å². The van der Waals surface area contributed by atoms with Crippen LogP contribution in [0.2, 0.25) is 0 Å². The van der Waals surface area contributed by atoms with Crippen molar-refractivity contribution in [3.63, 3.8) is 0 Å². The van der Waals surface area contributed by atoms with Crippen LogP contribution in [-0.4, -0.2) is 31.1 Å². The van der Waals surface area contributed by atoms with Crippen LogP contribution >= 0.6 is 15.9 Å². The van der Waals surface area contributed by atoms with E-state index in [9.17, 15) is 4.79 Å². The van der Waals surface area contributed by atoms with Gasteiger partial charge in [-0.1, -0.05) is 28.1 Å². The molecule has 0 aromatic heterocycles. The molecule has 1 aromatic carbocycles. The molecule has 0 aliphatic carbocycles. The average molecular weight is 298 g/mol. The molecule has 1 aliphatic rings. The Morgan fingerprint density at radius 3 is 2.94 bits per heavy atom. The monoisotopic (exact) mass is 297 g/mol. The first-order valence-corrected chi connectivity index (χ1v) is 6.50. The number of benzene rings is 1. The van der Waals surface area contributed by atoms with Gasteiger partial charge in [0.2, 0.25) is 0 Å². The predicted molar refractivity (Wildman–Crippen MR) is 69.5 cm³/mol. The van der Waals surface area contributed by atoms with E-state index in [4.69, 9.17) is 0 Å². The lowest BCUT2D eigenvalue weighted by molar-refractivity contribution is -0.143. The van der Waals surface area contributed by atoms with Crippen LogP contribution in [0.25, 0.3) is 0 Å². The van der Waals surface area contributed by atoms with Gasteiger partial charge in [0.1, 0.15) is 0 Å². The first-order valence-electron chi connectivity index (χ1n) is 5.71. The van der Waals surface area contributed by atoms with Crippen molar-refractivity contribution in [1.29, 1.82) is 0 Å². The first-order chi connectivity index (χ1) is 8.17. The van der Waals surface area contributed by atoms with Crippen molar-refractivity contribution in [1.82, 2.24) is 4.90 Å². The summed E-state index contributed by atoms with van der Waals surface area (Å²) in [6.07, 6.45) is 0.547. The Kier molecular flexibility index (Phi) is 4.18. The number of methoxy groups -OCH3 is 1. The maximum atomic E-state index is 11.1. The number of likely N-dealkylation sites (tertiary alicyclic amines) is 1. The molecule has 0 saturated carbocycles. The van der Waals surface area contributed by atoms with Gasteiger partial charge in [0.15, 0.2) is 0 Å². The van der Waals surface area contributed by atoms with Crippen LogP contribution in [0.15, 0.2) is 28.7 Å². The zero-order chi connectivity index (χ0) is 12.3. The van der Waals surface area contributed by atoms with Crippen LogP contribution in [0.1, 0.15) is 12.0 Å². The number of esters is 1. The van der Waals surface area contributed by atoms with Gasteiger partial charge in [0, 0.05) is 24.1 Å². The fraction of sp³-hybridized carbons (Fsp3) is 0.462. The Balaban J connectivity index is 1.75. The van der Waals surface area contributed by atoms with E-state index in [0.717, 1.165) is 24.1 Å². The standard InChI is InChI=1S/C13H16BrNO2/c1-17-13(16)6-11-8-15(9-11)7-10-3-2-4-12(14)5-10/h2-5,11H,6-9H2,1H3. The van der Waals surface area contributed by atoms with Crippen molar-refractivity contribution < 1.29 is 9.53 Å². The second kappa shape index (κ2) is 5.65. The summed E-state index contributed by atoms with van der Waals surface area (Å²) < 4.78 is 5.77. The van der Waals surface area contributed by atoms with Crippen molar-refractivity contribution in [2.75, 3.05) is 20.2 Å². The summed E-state index contributed by atoms with van der Waals surface area (Å²) in [5.41, 5.74) is 1.30. The molecule has 0 N–H and O–H groups in total. The lowest BCUT2D eigenvalue weighted by atomic mass is 9.96. The number of nitrogens with zero attached hydrogens (tertiary/aromatic N) is 1. The number of rotatable bonds is 4. The quantitative estimate of drug-likeness (QED) is 0.800. The Morgan fingerprint density at radius 1 is 1.53 bits per heavy atom. The smallest absolute Gasteiger partial charge is 0.305 e. The Hall–Kier alpha value is -0.870. The molecular weight excluding hydrogens is 282 g/mol. The Morgan fingerprint density at radius 2 is 2.29 bits per heavy atom. The van der Waals surface area contributed by atoms with E-state index >= 15 is 0 Å². The summed E-state index contributed by atoms with van der Waals surface area (Å²) in [6.45, 7) is 2.93. The van der Waals surface area contributed by atoms with Gasteiger partial charge < -0.3 is 4.74 Å². The molecule has 4 heteroatoms. The molecule has 0 bridgehead atoms. The fourth-order valence-electron chi connectivity index (χ4n) is 2.15. The molecule has 1 heterocycles. The van der Waals surface area contributed by atoms with Gasteiger partial charge in [0.05, 0.1) is 13.5 Å². The zero-order valence-electron chi connectivity index (χ0n) is 9.86. The molecule has 1 aliphatic heterocycles. The molecule has 0 atom stereocenters. The highest BCUT2D eigenvalue weighted by Gasteiger charge is 2.28. The molecule has 92 valence electrons. The predicted octanol–water partition coefficient (Wildman–Crippen LogP) is 2.44. The highest BCUT2D eigenvalue weighted by molar-refractivity contribution is 9.10. The van der Waals surface area contributed by atoms with Gasteiger partial charge in [0.25, 0.3) is 0 Å². The first kappa shape index (κ1) is 12.6. The average Bonchev–Trinajstić information content (AvgIpc) is 2.26. The molecule has 1 saturated heterocycles. The van der Waals surface area contributed by atoms with E-state index in [1.54, 1.807) is 0 Å². The van der Waals surface area contributed by atoms with Gasteiger partial charge in [-0.15, -0.1) is 0 Å². The largest absolute Gasteiger partial charge is 0.469 e. The van der Waals surface area contributed by atoms with E-state index in [2.05, 4.69) is 37.7 Å². The van der Waals surface area contributed by atoms with Gasteiger partial charge in [-0.3, -0.25) is 9.69 Å². The molecule has 1 aromatic rings. The number of halogens is 1. The third-order valence-corrected chi connectivity index (χ3v) is 3.50. The molecule has 0 unspecified atom stereocenters.